The lowest BCUT2D eigenvalue weighted by atomic mass is 10.1. The van der Waals surface area contributed by atoms with Crippen molar-refractivity contribution >= 4 is 5.91 Å². The van der Waals surface area contributed by atoms with Crippen LogP contribution < -0.4 is 10.7 Å². The van der Waals surface area contributed by atoms with Crippen LogP contribution >= 0.6 is 0 Å². The van der Waals surface area contributed by atoms with E-state index in [1.54, 1.807) is 0 Å². The average Bonchev–Trinajstić information content (AvgIpc) is 2.17. The van der Waals surface area contributed by atoms with Crippen LogP contribution in [0.4, 0.5) is 0 Å². The molecule has 5 heteroatoms. The summed E-state index contributed by atoms with van der Waals surface area (Å²) in [6, 6.07) is 0. The van der Waals surface area contributed by atoms with E-state index in [2.05, 4.69) is 31.5 Å². The van der Waals surface area contributed by atoms with Crippen LogP contribution in [0.3, 0.4) is 0 Å². The number of ether oxygens (including phenoxy) is 1. The van der Waals surface area contributed by atoms with Gasteiger partial charge in [-0.15, -0.1) is 0 Å². The predicted octanol–water partition coefficient (Wildman–Crippen LogP) is 0.128. The molecule has 1 aliphatic heterocycles. The third kappa shape index (κ3) is 6.05. The lowest BCUT2D eigenvalue weighted by Crippen LogP contribution is -2.49. The summed E-state index contributed by atoms with van der Waals surface area (Å²) >= 11 is 0. The largest absolute Gasteiger partial charge is 0.379 e. The van der Waals surface area contributed by atoms with Crippen molar-refractivity contribution in [3.8, 4) is 0 Å². The first-order valence-corrected chi connectivity index (χ1v) is 5.84. The van der Waals surface area contributed by atoms with Crippen LogP contribution in [0.2, 0.25) is 0 Å². The Morgan fingerprint density at radius 2 is 1.94 bits per heavy atom. The molecule has 94 valence electrons. The first kappa shape index (κ1) is 13.4. The summed E-state index contributed by atoms with van der Waals surface area (Å²) in [4.78, 5) is 11.6. The molecule has 1 aliphatic rings. The van der Waals surface area contributed by atoms with Crippen LogP contribution in [0.1, 0.15) is 27.2 Å². The minimum absolute atomic E-state index is 0.0682. The van der Waals surface area contributed by atoms with Crippen LogP contribution in [0.25, 0.3) is 0 Å². The number of hydrogen-bond acceptors (Lipinski definition) is 4. The Morgan fingerprint density at radius 1 is 1.31 bits per heavy atom. The second-order valence-electron chi connectivity index (χ2n) is 5.06. The highest BCUT2D eigenvalue weighted by Crippen LogP contribution is 1.98. The van der Waals surface area contributed by atoms with Crippen molar-refractivity contribution in [2.75, 3.05) is 32.8 Å². The maximum Gasteiger partial charge on any atom is 0.235 e. The van der Waals surface area contributed by atoms with Gasteiger partial charge < -0.3 is 10.1 Å². The van der Waals surface area contributed by atoms with Crippen molar-refractivity contribution in [2.45, 2.75) is 32.7 Å². The Morgan fingerprint density at radius 3 is 2.50 bits per heavy atom. The van der Waals surface area contributed by atoms with Crippen molar-refractivity contribution in [2.24, 2.45) is 0 Å². The van der Waals surface area contributed by atoms with Gasteiger partial charge in [-0.2, -0.15) is 0 Å². The van der Waals surface area contributed by atoms with Gasteiger partial charge in [0.25, 0.3) is 0 Å². The number of carbonyl (C=O) groups is 1. The van der Waals surface area contributed by atoms with Gasteiger partial charge >= 0.3 is 0 Å². The molecule has 1 rings (SSSR count). The van der Waals surface area contributed by atoms with Gasteiger partial charge in [0.2, 0.25) is 5.91 Å². The highest BCUT2D eigenvalue weighted by molar-refractivity contribution is 5.75. The second-order valence-corrected chi connectivity index (χ2v) is 5.06. The Kier molecular flexibility index (Phi) is 5.18. The van der Waals surface area contributed by atoms with E-state index in [-0.39, 0.29) is 11.4 Å². The number of carbonyl (C=O) groups excluding carboxylic acids is 1. The number of rotatable bonds is 4. The third-order valence-electron chi connectivity index (χ3n) is 2.30. The smallest absolute Gasteiger partial charge is 0.235 e. The number of nitrogens with zero attached hydrogens (tertiary/aromatic N) is 1. The quantitative estimate of drug-likeness (QED) is 0.719. The molecule has 1 saturated heterocycles. The van der Waals surface area contributed by atoms with Gasteiger partial charge in [0, 0.05) is 31.6 Å². The van der Waals surface area contributed by atoms with Gasteiger partial charge in [-0.1, -0.05) is 0 Å². The maximum atomic E-state index is 11.6. The molecule has 1 amide bonds. The van der Waals surface area contributed by atoms with E-state index < -0.39 is 0 Å². The summed E-state index contributed by atoms with van der Waals surface area (Å²) in [6.45, 7) is 9.92. The molecule has 0 aliphatic carbocycles. The van der Waals surface area contributed by atoms with Crippen molar-refractivity contribution in [1.29, 1.82) is 0 Å². The molecule has 0 aromatic carbocycles. The zero-order chi connectivity index (χ0) is 12.0. The third-order valence-corrected chi connectivity index (χ3v) is 2.30. The van der Waals surface area contributed by atoms with Gasteiger partial charge in [-0.3, -0.25) is 10.2 Å². The van der Waals surface area contributed by atoms with Crippen LogP contribution in [0.5, 0.6) is 0 Å². The van der Waals surface area contributed by atoms with Crippen LogP contribution in [0, 0.1) is 0 Å². The highest BCUT2D eigenvalue weighted by atomic mass is 16.5. The van der Waals surface area contributed by atoms with Crippen molar-refractivity contribution in [1.82, 2.24) is 15.8 Å². The SMILES string of the molecule is CC(C)(C)NCCC(=O)NN1CCOCC1. The fraction of sp³-hybridized carbons (Fsp3) is 0.909. The normalized spacial score (nSPS) is 18.4. The zero-order valence-electron chi connectivity index (χ0n) is 10.5. The Bertz CT molecular complexity index is 220. The van der Waals surface area contributed by atoms with Gasteiger partial charge in [-0.25, -0.2) is 5.01 Å². The topological polar surface area (TPSA) is 53.6 Å². The summed E-state index contributed by atoms with van der Waals surface area (Å²) in [6.07, 6.45) is 0.509. The number of nitrogens with one attached hydrogen (secondary N) is 2. The molecule has 0 bridgehead atoms. The minimum Gasteiger partial charge on any atom is -0.379 e. The van der Waals surface area contributed by atoms with Crippen LogP contribution in [-0.4, -0.2) is 49.3 Å². The first-order chi connectivity index (χ1) is 7.47. The summed E-state index contributed by atoms with van der Waals surface area (Å²) < 4.78 is 5.20. The van der Waals surface area contributed by atoms with Crippen molar-refractivity contribution in [3.63, 3.8) is 0 Å². The van der Waals surface area contributed by atoms with Crippen LogP contribution in [0.15, 0.2) is 0 Å². The van der Waals surface area contributed by atoms with Crippen LogP contribution in [-0.2, 0) is 9.53 Å². The number of hydrazine groups is 1. The average molecular weight is 229 g/mol. The molecule has 0 radical (unpaired) electrons. The fourth-order valence-electron chi connectivity index (χ4n) is 1.46. The number of morpholine rings is 1. The predicted molar refractivity (Wildman–Crippen MR) is 62.9 cm³/mol. The molecule has 0 unspecified atom stereocenters. The highest BCUT2D eigenvalue weighted by Gasteiger charge is 2.13. The standard InChI is InChI=1S/C11H23N3O2/c1-11(2,3)12-5-4-10(15)13-14-6-8-16-9-7-14/h12H,4-9H2,1-3H3,(H,13,15). The molecule has 0 saturated carbocycles. The lowest BCUT2D eigenvalue weighted by molar-refractivity contribution is -0.127. The molecule has 1 heterocycles. The molecule has 2 N–H and O–H groups in total. The number of amides is 1. The van der Waals surface area contributed by atoms with Gasteiger partial charge in [-0.05, 0) is 20.8 Å². The summed E-state index contributed by atoms with van der Waals surface area (Å²) in [5.74, 6) is 0.0682. The van der Waals surface area contributed by atoms with Crippen molar-refractivity contribution in [3.05, 3.63) is 0 Å². The molecule has 0 atom stereocenters. The van der Waals surface area contributed by atoms with Gasteiger partial charge in [0.05, 0.1) is 13.2 Å². The summed E-state index contributed by atoms with van der Waals surface area (Å²) in [7, 11) is 0. The zero-order valence-corrected chi connectivity index (χ0v) is 10.5. The maximum absolute atomic E-state index is 11.6. The molecular weight excluding hydrogens is 206 g/mol. The van der Waals surface area contributed by atoms with E-state index in [4.69, 9.17) is 4.74 Å². The molecule has 16 heavy (non-hydrogen) atoms. The monoisotopic (exact) mass is 229 g/mol. The summed E-state index contributed by atoms with van der Waals surface area (Å²) in [5, 5.41) is 5.21. The van der Waals surface area contributed by atoms with Gasteiger partial charge in [0.15, 0.2) is 0 Å². The van der Waals surface area contributed by atoms with E-state index in [0.29, 0.717) is 26.2 Å². The second kappa shape index (κ2) is 6.18. The molecular formula is C11H23N3O2. The molecule has 0 aromatic heterocycles. The lowest BCUT2D eigenvalue weighted by Gasteiger charge is -2.27. The van der Waals surface area contributed by atoms with E-state index in [1.807, 2.05) is 5.01 Å². The molecule has 0 aromatic rings. The van der Waals surface area contributed by atoms with Gasteiger partial charge in [0.1, 0.15) is 0 Å². The first-order valence-electron chi connectivity index (χ1n) is 5.84. The fourth-order valence-corrected chi connectivity index (χ4v) is 1.46. The molecule has 0 spiro atoms. The van der Waals surface area contributed by atoms with E-state index in [9.17, 15) is 4.79 Å². The minimum atomic E-state index is 0.0682. The Hall–Kier alpha value is -0.650. The number of hydrogen-bond donors (Lipinski definition) is 2. The summed E-state index contributed by atoms with van der Waals surface area (Å²) in [5.41, 5.74) is 2.95. The Labute approximate surface area is 97.5 Å². The molecule has 1 fully saturated rings. The van der Waals surface area contributed by atoms with E-state index >= 15 is 0 Å². The molecule has 5 nitrogen and oxygen atoms in total. The van der Waals surface area contributed by atoms with E-state index in [1.165, 1.54) is 0 Å². The Balaban J connectivity index is 2.10. The van der Waals surface area contributed by atoms with E-state index in [0.717, 1.165) is 13.1 Å². The van der Waals surface area contributed by atoms with Crippen molar-refractivity contribution < 1.29 is 9.53 Å².